The first-order chi connectivity index (χ1) is 9.74. The van der Waals surface area contributed by atoms with Crippen molar-refractivity contribution < 1.29 is 4.74 Å². The SMILES string of the molecule is Cc1ccccc1C(N)C1(N2CCOCC2)CCCC1. The Morgan fingerprint density at radius 3 is 2.45 bits per heavy atom. The number of aryl methyl sites for hydroxylation is 1. The first-order valence-electron chi connectivity index (χ1n) is 7.88. The van der Waals surface area contributed by atoms with Crippen molar-refractivity contribution in [2.75, 3.05) is 26.3 Å². The van der Waals surface area contributed by atoms with Crippen molar-refractivity contribution in [1.82, 2.24) is 4.90 Å². The Kier molecular flexibility index (Phi) is 4.11. The molecule has 2 aliphatic rings. The zero-order valence-electron chi connectivity index (χ0n) is 12.5. The molecule has 3 nitrogen and oxygen atoms in total. The van der Waals surface area contributed by atoms with Crippen LogP contribution in [0.2, 0.25) is 0 Å². The van der Waals surface area contributed by atoms with E-state index in [0.29, 0.717) is 0 Å². The van der Waals surface area contributed by atoms with E-state index in [2.05, 4.69) is 36.1 Å². The van der Waals surface area contributed by atoms with Crippen LogP contribution < -0.4 is 5.73 Å². The fraction of sp³-hybridized carbons (Fsp3) is 0.647. The van der Waals surface area contributed by atoms with E-state index in [0.717, 1.165) is 26.3 Å². The Morgan fingerprint density at radius 1 is 1.15 bits per heavy atom. The minimum Gasteiger partial charge on any atom is -0.379 e. The quantitative estimate of drug-likeness (QED) is 0.921. The third-order valence-corrected chi connectivity index (χ3v) is 5.21. The van der Waals surface area contributed by atoms with Gasteiger partial charge in [-0.2, -0.15) is 0 Å². The molecule has 1 aromatic carbocycles. The zero-order valence-corrected chi connectivity index (χ0v) is 12.5. The van der Waals surface area contributed by atoms with Gasteiger partial charge in [0.25, 0.3) is 0 Å². The van der Waals surface area contributed by atoms with Crippen molar-refractivity contribution in [3.05, 3.63) is 35.4 Å². The smallest absolute Gasteiger partial charge is 0.0594 e. The number of benzene rings is 1. The summed E-state index contributed by atoms with van der Waals surface area (Å²) in [5.74, 6) is 0. The van der Waals surface area contributed by atoms with Gasteiger partial charge in [0.2, 0.25) is 0 Å². The second-order valence-electron chi connectivity index (χ2n) is 6.24. The van der Waals surface area contributed by atoms with E-state index >= 15 is 0 Å². The number of nitrogens with two attached hydrogens (primary N) is 1. The largest absolute Gasteiger partial charge is 0.379 e. The predicted molar refractivity (Wildman–Crippen MR) is 81.7 cm³/mol. The number of nitrogens with zero attached hydrogens (tertiary/aromatic N) is 1. The molecule has 20 heavy (non-hydrogen) atoms. The van der Waals surface area contributed by atoms with Gasteiger partial charge in [-0.25, -0.2) is 0 Å². The second kappa shape index (κ2) is 5.84. The number of hydrogen-bond acceptors (Lipinski definition) is 3. The van der Waals surface area contributed by atoms with Gasteiger partial charge in [0.15, 0.2) is 0 Å². The lowest BCUT2D eigenvalue weighted by Gasteiger charge is -2.47. The van der Waals surface area contributed by atoms with E-state index in [4.69, 9.17) is 10.5 Å². The first kappa shape index (κ1) is 14.1. The summed E-state index contributed by atoms with van der Waals surface area (Å²) in [6.45, 7) is 5.93. The van der Waals surface area contributed by atoms with Crippen molar-refractivity contribution in [3.63, 3.8) is 0 Å². The van der Waals surface area contributed by atoms with Crippen LogP contribution in [-0.4, -0.2) is 36.7 Å². The Bertz CT molecular complexity index is 448. The molecular formula is C17H26N2O. The molecule has 3 rings (SSSR count). The highest BCUT2D eigenvalue weighted by Crippen LogP contribution is 2.44. The molecule has 1 heterocycles. The van der Waals surface area contributed by atoms with Gasteiger partial charge in [0.05, 0.1) is 13.2 Å². The number of ether oxygens (including phenoxy) is 1. The Balaban J connectivity index is 1.91. The molecule has 1 aromatic rings. The van der Waals surface area contributed by atoms with Crippen molar-refractivity contribution in [3.8, 4) is 0 Å². The van der Waals surface area contributed by atoms with Crippen LogP contribution in [-0.2, 0) is 4.74 Å². The number of hydrogen-bond donors (Lipinski definition) is 1. The Hall–Kier alpha value is -0.900. The van der Waals surface area contributed by atoms with Gasteiger partial charge in [0, 0.05) is 24.7 Å². The zero-order chi connectivity index (χ0) is 14.0. The van der Waals surface area contributed by atoms with Crippen LogP contribution in [0, 0.1) is 6.92 Å². The topological polar surface area (TPSA) is 38.5 Å². The molecular weight excluding hydrogens is 248 g/mol. The number of morpholine rings is 1. The highest BCUT2D eigenvalue weighted by atomic mass is 16.5. The van der Waals surface area contributed by atoms with Gasteiger partial charge in [-0.1, -0.05) is 37.1 Å². The molecule has 1 aliphatic heterocycles. The summed E-state index contributed by atoms with van der Waals surface area (Å²) in [6.07, 6.45) is 5.05. The van der Waals surface area contributed by atoms with Crippen molar-refractivity contribution in [1.29, 1.82) is 0 Å². The monoisotopic (exact) mass is 274 g/mol. The highest BCUT2D eigenvalue weighted by Gasteiger charge is 2.45. The molecule has 0 amide bonds. The minimum atomic E-state index is 0.115. The summed E-state index contributed by atoms with van der Waals surface area (Å²) < 4.78 is 5.53. The van der Waals surface area contributed by atoms with Crippen molar-refractivity contribution in [2.45, 2.75) is 44.2 Å². The summed E-state index contributed by atoms with van der Waals surface area (Å²) in [5.41, 5.74) is 9.57. The van der Waals surface area contributed by atoms with Crippen LogP contribution in [0.1, 0.15) is 42.9 Å². The van der Waals surface area contributed by atoms with Crippen molar-refractivity contribution >= 4 is 0 Å². The third-order valence-electron chi connectivity index (χ3n) is 5.21. The molecule has 2 N–H and O–H groups in total. The van der Waals surface area contributed by atoms with E-state index < -0.39 is 0 Å². The van der Waals surface area contributed by atoms with Crippen LogP contribution in [0.4, 0.5) is 0 Å². The van der Waals surface area contributed by atoms with Gasteiger partial charge in [-0.15, -0.1) is 0 Å². The average Bonchev–Trinajstić information content (AvgIpc) is 2.99. The Labute approximate surface area is 122 Å². The molecule has 0 radical (unpaired) electrons. The van der Waals surface area contributed by atoms with E-state index in [-0.39, 0.29) is 11.6 Å². The van der Waals surface area contributed by atoms with Crippen LogP contribution >= 0.6 is 0 Å². The predicted octanol–water partition coefficient (Wildman–Crippen LogP) is 2.64. The molecule has 1 saturated heterocycles. The van der Waals surface area contributed by atoms with Gasteiger partial charge < -0.3 is 10.5 Å². The summed E-state index contributed by atoms with van der Waals surface area (Å²) in [4.78, 5) is 2.61. The van der Waals surface area contributed by atoms with E-state index in [1.807, 2.05) is 0 Å². The maximum atomic E-state index is 6.78. The maximum absolute atomic E-state index is 6.78. The standard InChI is InChI=1S/C17H26N2O/c1-14-6-2-3-7-15(14)16(18)17(8-4-5-9-17)19-10-12-20-13-11-19/h2-3,6-7,16H,4-5,8-13,18H2,1H3. The average molecular weight is 274 g/mol. The van der Waals surface area contributed by atoms with Gasteiger partial charge in [0.1, 0.15) is 0 Å². The fourth-order valence-electron chi connectivity index (χ4n) is 4.05. The molecule has 1 atom stereocenters. The molecule has 0 bridgehead atoms. The molecule has 1 saturated carbocycles. The lowest BCUT2D eigenvalue weighted by molar-refractivity contribution is -0.0312. The van der Waals surface area contributed by atoms with Crippen LogP contribution in [0.3, 0.4) is 0 Å². The van der Waals surface area contributed by atoms with Crippen LogP contribution in [0.5, 0.6) is 0 Å². The van der Waals surface area contributed by atoms with Gasteiger partial charge in [-0.3, -0.25) is 4.90 Å². The molecule has 110 valence electrons. The first-order valence-corrected chi connectivity index (χ1v) is 7.88. The molecule has 1 aliphatic carbocycles. The highest BCUT2D eigenvalue weighted by molar-refractivity contribution is 5.32. The Morgan fingerprint density at radius 2 is 1.80 bits per heavy atom. The number of rotatable bonds is 3. The molecule has 3 heteroatoms. The molecule has 1 unspecified atom stereocenters. The summed E-state index contributed by atoms with van der Waals surface area (Å²) in [7, 11) is 0. The molecule has 2 fully saturated rings. The summed E-state index contributed by atoms with van der Waals surface area (Å²) in [5, 5.41) is 0. The lowest BCUT2D eigenvalue weighted by Crippen LogP contribution is -2.57. The summed E-state index contributed by atoms with van der Waals surface area (Å²) >= 11 is 0. The molecule has 0 aromatic heterocycles. The van der Waals surface area contributed by atoms with Gasteiger partial charge >= 0.3 is 0 Å². The third kappa shape index (κ3) is 2.39. The summed E-state index contributed by atoms with van der Waals surface area (Å²) in [6, 6.07) is 8.72. The minimum absolute atomic E-state index is 0.115. The lowest BCUT2D eigenvalue weighted by atomic mass is 9.81. The fourth-order valence-corrected chi connectivity index (χ4v) is 4.05. The molecule has 0 spiro atoms. The van der Waals surface area contributed by atoms with Crippen molar-refractivity contribution in [2.24, 2.45) is 5.73 Å². The van der Waals surface area contributed by atoms with Gasteiger partial charge in [-0.05, 0) is 30.9 Å². The second-order valence-corrected chi connectivity index (χ2v) is 6.24. The van der Waals surface area contributed by atoms with E-state index in [9.17, 15) is 0 Å². The van der Waals surface area contributed by atoms with E-state index in [1.165, 1.54) is 36.8 Å². The van der Waals surface area contributed by atoms with E-state index in [1.54, 1.807) is 0 Å². The van der Waals surface area contributed by atoms with Crippen LogP contribution in [0.15, 0.2) is 24.3 Å². The maximum Gasteiger partial charge on any atom is 0.0594 e. The van der Waals surface area contributed by atoms with Crippen LogP contribution in [0.25, 0.3) is 0 Å². The normalized spacial score (nSPS) is 24.7.